The average Bonchev–Trinajstić information content (AvgIpc) is 2.89. The molecule has 0 aliphatic carbocycles. The zero-order chi connectivity index (χ0) is 20.4. The number of benzene rings is 2. The zero-order valence-electron chi connectivity index (χ0n) is 15.4. The van der Waals surface area contributed by atoms with Crippen molar-refractivity contribution in [1.29, 1.82) is 0 Å². The monoisotopic (exact) mass is 509 g/mol. The first-order valence-electron chi connectivity index (χ1n) is 8.20. The van der Waals surface area contributed by atoms with Gasteiger partial charge in [0.2, 0.25) is 5.88 Å². The lowest BCUT2D eigenvalue weighted by atomic mass is 10.1. The molecule has 0 spiro atoms. The van der Waals surface area contributed by atoms with Gasteiger partial charge in [-0.15, -0.1) is 10.2 Å². The van der Waals surface area contributed by atoms with E-state index in [0.29, 0.717) is 21.4 Å². The van der Waals surface area contributed by atoms with Gasteiger partial charge in [0.25, 0.3) is 0 Å². The van der Waals surface area contributed by atoms with Crippen molar-refractivity contribution in [2.75, 3.05) is 13.7 Å². The van der Waals surface area contributed by atoms with E-state index in [4.69, 9.17) is 9.47 Å². The highest BCUT2D eigenvalue weighted by Crippen LogP contribution is 2.41. The molecule has 0 aliphatic rings. The van der Waals surface area contributed by atoms with Crippen molar-refractivity contribution in [3.8, 4) is 17.4 Å². The van der Waals surface area contributed by atoms with E-state index in [1.807, 2.05) is 19.1 Å². The van der Waals surface area contributed by atoms with Crippen LogP contribution in [0.4, 0.5) is 5.69 Å². The first kappa shape index (κ1) is 20.3. The van der Waals surface area contributed by atoms with Gasteiger partial charge in [-0.2, -0.15) is 0 Å². The highest BCUT2D eigenvalue weighted by Gasteiger charge is 2.17. The molecule has 146 valence electrons. The van der Waals surface area contributed by atoms with E-state index in [0.717, 1.165) is 15.6 Å². The average molecular weight is 511 g/mol. The predicted molar refractivity (Wildman–Crippen MR) is 113 cm³/mol. The second-order valence-electron chi connectivity index (χ2n) is 6.05. The van der Waals surface area contributed by atoms with E-state index in [-0.39, 0.29) is 18.2 Å². The van der Waals surface area contributed by atoms with Crippen LogP contribution in [0.1, 0.15) is 5.56 Å². The maximum absolute atomic E-state index is 12.1. The SMILES string of the molecule is COc1ccc(OCC(=O)N=Nc2c(O)n(C)c3c(Br)cc(C)cc23)c(Br)c1. The number of aromatic nitrogens is 1. The number of hydrogen-bond donors (Lipinski definition) is 1. The summed E-state index contributed by atoms with van der Waals surface area (Å²) in [6, 6.07) is 8.96. The van der Waals surface area contributed by atoms with Crippen LogP contribution in [0.15, 0.2) is 49.5 Å². The number of rotatable bonds is 5. The molecule has 9 heteroatoms. The Hall–Kier alpha value is -2.39. The fourth-order valence-electron chi connectivity index (χ4n) is 2.74. The fourth-order valence-corrected chi connectivity index (χ4v) is 4.05. The highest BCUT2D eigenvalue weighted by atomic mass is 79.9. The number of amides is 1. The van der Waals surface area contributed by atoms with Gasteiger partial charge in [-0.05, 0) is 74.7 Å². The first-order chi connectivity index (χ1) is 13.3. The molecule has 1 heterocycles. The molecule has 1 aromatic heterocycles. The zero-order valence-corrected chi connectivity index (χ0v) is 18.5. The molecule has 7 nitrogen and oxygen atoms in total. The van der Waals surface area contributed by atoms with Gasteiger partial charge >= 0.3 is 5.91 Å². The smallest absolute Gasteiger partial charge is 0.302 e. The predicted octanol–water partition coefficient (Wildman–Crippen LogP) is 5.42. The second-order valence-corrected chi connectivity index (χ2v) is 7.76. The normalized spacial score (nSPS) is 11.3. The Morgan fingerprint density at radius 2 is 1.96 bits per heavy atom. The van der Waals surface area contributed by atoms with Crippen LogP contribution in [0.5, 0.6) is 17.4 Å². The van der Waals surface area contributed by atoms with Gasteiger partial charge in [0.1, 0.15) is 11.5 Å². The molecular weight excluding hydrogens is 494 g/mol. The first-order valence-corrected chi connectivity index (χ1v) is 9.78. The molecule has 2 aromatic carbocycles. The van der Waals surface area contributed by atoms with Crippen molar-refractivity contribution in [2.45, 2.75) is 6.92 Å². The quantitative estimate of drug-likeness (QED) is 0.464. The summed E-state index contributed by atoms with van der Waals surface area (Å²) in [6.07, 6.45) is 0. The third-order valence-corrected chi connectivity index (χ3v) is 5.30. The van der Waals surface area contributed by atoms with Crippen LogP contribution in [0.2, 0.25) is 0 Å². The Morgan fingerprint density at radius 1 is 1.21 bits per heavy atom. The Kier molecular flexibility index (Phi) is 6.04. The van der Waals surface area contributed by atoms with Crippen molar-refractivity contribution < 1.29 is 19.4 Å². The summed E-state index contributed by atoms with van der Waals surface area (Å²) in [5, 5.41) is 18.7. The molecule has 1 N–H and O–H groups in total. The van der Waals surface area contributed by atoms with Gasteiger partial charge in [-0.3, -0.25) is 4.79 Å². The van der Waals surface area contributed by atoms with Crippen LogP contribution < -0.4 is 9.47 Å². The molecule has 0 unspecified atom stereocenters. The summed E-state index contributed by atoms with van der Waals surface area (Å²) in [4.78, 5) is 12.1. The van der Waals surface area contributed by atoms with Crippen molar-refractivity contribution >= 4 is 54.4 Å². The molecule has 0 aliphatic heterocycles. The van der Waals surface area contributed by atoms with Gasteiger partial charge in [-0.25, -0.2) is 0 Å². The lowest BCUT2D eigenvalue weighted by Crippen LogP contribution is -2.08. The molecule has 0 bridgehead atoms. The summed E-state index contributed by atoms with van der Waals surface area (Å²) in [5.74, 6) is 0.498. The number of ether oxygens (including phenoxy) is 2. The summed E-state index contributed by atoms with van der Waals surface area (Å²) in [7, 11) is 3.28. The van der Waals surface area contributed by atoms with Gasteiger partial charge in [0.05, 0.1) is 17.1 Å². The number of aromatic hydroxyl groups is 1. The topological polar surface area (TPSA) is 85.4 Å². The van der Waals surface area contributed by atoms with E-state index in [9.17, 15) is 9.90 Å². The standard InChI is InChI=1S/C19H17Br2N3O4/c1-10-6-12-17(19(26)24(2)18(12)14(21)7-10)23-22-16(25)9-28-15-5-4-11(27-3)8-13(15)20/h4-8,26H,9H2,1-3H3. The minimum absolute atomic E-state index is 0.0725. The molecule has 3 aromatic rings. The number of carbonyl (C=O) groups is 1. The second kappa shape index (κ2) is 8.32. The summed E-state index contributed by atoms with van der Waals surface area (Å²) < 4.78 is 13.6. The summed E-state index contributed by atoms with van der Waals surface area (Å²) >= 11 is 6.85. The third-order valence-electron chi connectivity index (χ3n) is 4.08. The van der Waals surface area contributed by atoms with Crippen LogP contribution in [0.25, 0.3) is 10.9 Å². The Morgan fingerprint density at radius 3 is 2.64 bits per heavy atom. The molecular formula is C19H17Br2N3O4. The number of halogens is 2. The van der Waals surface area contributed by atoms with Crippen LogP contribution >= 0.6 is 31.9 Å². The molecule has 1 amide bonds. The Balaban J connectivity index is 1.79. The van der Waals surface area contributed by atoms with E-state index < -0.39 is 5.91 Å². The van der Waals surface area contributed by atoms with Crippen molar-refractivity contribution in [3.63, 3.8) is 0 Å². The van der Waals surface area contributed by atoms with E-state index in [1.54, 1.807) is 36.9 Å². The van der Waals surface area contributed by atoms with Crippen LogP contribution in [-0.4, -0.2) is 29.3 Å². The number of carbonyl (C=O) groups excluding carboxylic acids is 1. The maximum Gasteiger partial charge on any atom is 0.302 e. The summed E-state index contributed by atoms with van der Waals surface area (Å²) in [5.41, 5.74) is 1.99. The van der Waals surface area contributed by atoms with Gasteiger partial charge in [-0.1, -0.05) is 0 Å². The number of hydrogen-bond acceptors (Lipinski definition) is 5. The van der Waals surface area contributed by atoms with Crippen LogP contribution in [-0.2, 0) is 11.8 Å². The highest BCUT2D eigenvalue weighted by molar-refractivity contribution is 9.11. The Labute approximate surface area is 178 Å². The van der Waals surface area contributed by atoms with Crippen molar-refractivity contribution in [3.05, 3.63) is 44.8 Å². The summed E-state index contributed by atoms with van der Waals surface area (Å²) in [6.45, 7) is 1.64. The van der Waals surface area contributed by atoms with Gasteiger partial charge in [0.15, 0.2) is 12.3 Å². The van der Waals surface area contributed by atoms with E-state index in [2.05, 4.69) is 42.1 Å². The van der Waals surface area contributed by atoms with Crippen LogP contribution in [0.3, 0.4) is 0 Å². The fraction of sp³-hybridized carbons (Fsp3) is 0.211. The lowest BCUT2D eigenvalue weighted by Gasteiger charge is -2.07. The van der Waals surface area contributed by atoms with Crippen LogP contribution in [0, 0.1) is 6.92 Å². The minimum Gasteiger partial charge on any atom is -0.497 e. The molecule has 3 rings (SSSR count). The lowest BCUT2D eigenvalue weighted by molar-refractivity contribution is -0.120. The van der Waals surface area contributed by atoms with E-state index >= 15 is 0 Å². The molecule has 0 saturated carbocycles. The molecule has 0 atom stereocenters. The third kappa shape index (κ3) is 4.05. The number of nitrogens with zero attached hydrogens (tertiary/aromatic N) is 3. The van der Waals surface area contributed by atoms with Crippen molar-refractivity contribution in [2.24, 2.45) is 17.3 Å². The molecule has 0 radical (unpaired) electrons. The van der Waals surface area contributed by atoms with Crippen molar-refractivity contribution in [1.82, 2.24) is 4.57 Å². The van der Waals surface area contributed by atoms with Gasteiger partial charge in [0, 0.05) is 16.9 Å². The minimum atomic E-state index is -0.578. The molecule has 0 fully saturated rings. The molecule has 28 heavy (non-hydrogen) atoms. The largest absolute Gasteiger partial charge is 0.497 e. The Bertz CT molecular complexity index is 1090. The number of methoxy groups -OCH3 is 1. The van der Waals surface area contributed by atoms with E-state index in [1.165, 1.54) is 0 Å². The van der Waals surface area contributed by atoms with Gasteiger partial charge < -0.3 is 19.1 Å². The maximum atomic E-state index is 12.1. The number of aryl methyl sites for hydroxylation is 2. The number of azo groups is 1. The number of fused-ring (bicyclic) bond motifs is 1. The molecule has 0 saturated heterocycles.